The Hall–Kier alpha value is -2.37. The highest BCUT2D eigenvalue weighted by Gasteiger charge is 2.22. The third kappa shape index (κ3) is 1.46. The predicted octanol–water partition coefficient (Wildman–Crippen LogP) is 1.52. The maximum Gasteiger partial charge on any atom is 0.270 e. The van der Waals surface area contributed by atoms with Crippen molar-refractivity contribution in [1.82, 2.24) is 9.47 Å². The quantitative estimate of drug-likeness (QED) is 0.565. The molecule has 0 saturated heterocycles. The number of benzene rings is 1. The molecule has 0 saturated carbocycles. The van der Waals surface area contributed by atoms with Crippen LogP contribution < -0.4 is 0 Å². The highest BCUT2D eigenvalue weighted by Crippen LogP contribution is 2.27. The van der Waals surface area contributed by atoms with Crippen molar-refractivity contribution in [3.8, 4) is 0 Å². The molecule has 0 aliphatic carbocycles. The summed E-state index contributed by atoms with van der Waals surface area (Å²) in [5.74, 6) is 0.0540. The number of non-ortho nitro benzene ring substituents is 1. The maximum atomic E-state index is 11.7. The van der Waals surface area contributed by atoms with Crippen LogP contribution >= 0.6 is 0 Å². The molecule has 3 rings (SSSR count). The Labute approximate surface area is 103 Å². The molecule has 0 N–H and O–H groups in total. The standard InChI is InChI=1S/C12H11N3O3/c1-13-6-10-5-8-4-9(15(17)18)2-3-11(8)14(10)7-12(13)16/h2-5H,6-7H2,1H3. The number of hydrogen-bond donors (Lipinski definition) is 0. The topological polar surface area (TPSA) is 68.4 Å². The van der Waals surface area contributed by atoms with E-state index in [2.05, 4.69) is 0 Å². The molecule has 6 heteroatoms. The SMILES string of the molecule is CN1Cc2cc3cc([N+](=O)[O-])ccc3n2CC1=O. The van der Waals surface area contributed by atoms with Crippen LogP contribution in [0, 0.1) is 10.1 Å². The van der Waals surface area contributed by atoms with Crippen LogP contribution in [-0.4, -0.2) is 27.3 Å². The maximum absolute atomic E-state index is 11.7. The molecule has 0 fully saturated rings. The van der Waals surface area contributed by atoms with E-state index in [9.17, 15) is 14.9 Å². The molecule has 1 amide bonds. The largest absolute Gasteiger partial charge is 0.338 e. The second-order valence-electron chi connectivity index (χ2n) is 4.47. The van der Waals surface area contributed by atoms with Gasteiger partial charge in [0.05, 0.1) is 11.5 Å². The number of hydrogen-bond acceptors (Lipinski definition) is 3. The van der Waals surface area contributed by atoms with Crippen LogP contribution in [0.1, 0.15) is 5.69 Å². The van der Waals surface area contributed by atoms with Crippen LogP contribution in [0.5, 0.6) is 0 Å². The molecule has 92 valence electrons. The minimum atomic E-state index is -0.409. The fraction of sp³-hybridized carbons (Fsp3) is 0.250. The van der Waals surface area contributed by atoms with E-state index in [-0.39, 0.29) is 11.6 Å². The summed E-state index contributed by atoms with van der Waals surface area (Å²) < 4.78 is 1.92. The van der Waals surface area contributed by atoms with Crippen molar-refractivity contribution in [2.24, 2.45) is 0 Å². The second-order valence-corrected chi connectivity index (χ2v) is 4.47. The molecule has 0 spiro atoms. The Balaban J connectivity index is 2.19. The first-order chi connectivity index (χ1) is 8.56. The minimum absolute atomic E-state index is 0.0540. The number of aromatic nitrogens is 1. The summed E-state index contributed by atoms with van der Waals surface area (Å²) in [7, 11) is 1.76. The summed E-state index contributed by atoms with van der Waals surface area (Å²) in [5.41, 5.74) is 1.95. The number of likely N-dealkylation sites (N-methyl/N-ethyl adjacent to an activating group) is 1. The van der Waals surface area contributed by atoms with E-state index in [0.29, 0.717) is 13.1 Å². The lowest BCUT2D eigenvalue weighted by Crippen LogP contribution is -2.35. The molecular formula is C12H11N3O3. The molecule has 1 aliphatic rings. The van der Waals surface area contributed by atoms with Crippen molar-refractivity contribution in [2.75, 3.05) is 7.05 Å². The number of nitro benzene ring substituents is 1. The van der Waals surface area contributed by atoms with Crippen LogP contribution in [0.15, 0.2) is 24.3 Å². The summed E-state index contributed by atoms with van der Waals surface area (Å²) in [6.07, 6.45) is 0. The fourth-order valence-electron chi connectivity index (χ4n) is 2.33. The molecular weight excluding hydrogens is 234 g/mol. The van der Waals surface area contributed by atoms with E-state index in [1.54, 1.807) is 24.1 Å². The molecule has 0 radical (unpaired) electrons. The molecule has 0 unspecified atom stereocenters. The average molecular weight is 245 g/mol. The second kappa shape index (κ2) is 3.56. The number of nitro groups is 1. The van der Waals surface area contributed by atoms with Crippen molar-refractivity contribution < 1.29 is 9.72 Å². The lowest BCUT2D eigenvalue weighted by Gasteiger charge is -2.24. The Morgan fingerprint density at radius 1 is 1.28 bits per heavy atom. The zero-order chi connectivity index (χ0) is 12.9. The van der Waals surface area contributed by atoms with Gasteiger partial charge in [0.2, 0.25) is 5.91 Å². The molecule has 18 heavy (non-hydrogen) atoms. The highest BCUT2D eigenvalue weighted by molar-refractivity contribution is 5.87. The number of carbonyl (C=O) groups excluding carboxylic acids is 1. The van der Waals surface area contributed by atoms with Crippen molar-refractivity contribution in [3.63, 3.8) is 0 Å². The average Bonchev–Trinajstić information content (AvgIpc) is 2.66. The summed E-state index contributed by atoms with van der Waals surface area (Å²) in [4.78, 5) is 23.6. The lowest BCUT2D eigenvalue weighted by molar-refractivity contribution is -0.384. The molecule has 1 aromatic heterocycles. The van der Waals surface area contributed by atoms with Crippen molar-refractivity contribution >= 4 is 22.5 Å². The van der Waals surface area contributed by atoms with Gasteiger partial charge in [0.1, 0.15) is 6.54 Å². The van der Waals surface area contributed by atoms with Gasteiger partial charge in [-0.05, 0) is 12.1 Å². The van der Waals surface area contributed by atoms with E-state index in [4.69, 9.17) is 0 Å². The zero-order valence-electron chi connectivity index (χ0n) is 9.79. The molecule has 2 heterocycles. The van der Waals surface area contributed by atoms with Crippen LogP contribution in [0.3, 0.4) is 0 Å². The number of rotatable bonds is 1. The van der Waals surface area contributed by atoms with Gasteiger partial charge in [0.25, 0.3) is 5.69 Å². The highest BCUT2D eigenvalue weighted by atomic mass is 16.6. The first-order valence-electron chi connectivity index (χ1n) is 5.57. The van der Waals surface area contributed by atoms with E-state index in [0.717, 1.165) is 16.6 Å². The Kier molecular flexibility index (Phi) is 2.13. The molecule has 6 nitrogen and oxygen atoms in total. The van der Waals surface area contributed by atoms with Crippen LogP contribution in [-0.2, 0) is 17.9 Å². The summed E-state index contributed by atoms with van der Waals surface area (Å²) in [6, 6.07) is 6.63. The van der Waals surface area contributed by atoms with Crippen LogP contribution in [0.4, 0.5) is 5.69 Å². The van der Waals surface area contributed by atoms with Gasteiger partial charge < -0.3 is 9.47 Å². The van der Waals surface area contributed by atoms with Gasteiger partial charge in [0, 0.05) is 35.8 Å². The number of carbonyl (C=O) groups is 1. The summed E-state index contributed by atoms with van der Waals surface area (Å²) in [5, 5.41) is 11.5. The lowest BCUT2D eigenvalue weighted by atomic mass is 10.2. The van der Waals surface area contributed by atoms with Crippen LogP contribution in [0.25, 0.3) is 10.9 Å². The third-order valence-corrected chi connectivity index (χ3v) is 3.30. The molecule has 1 aromatic carbocycles. The number of fused-ring (bicyclic) bond motifs is 3. The normalized spacial score (nSPS) is 14.9. The van der Waals surface area contributed by atoms with Gasteiger partial charge in [-0.3, -0.25) is 14.9 Å². The monoisotopic (exact) mass is 245 g/mol. The number of nitrogens with zero attached hydrogens (tertiary/aromatic N) is 3. The molecule has 0 atom stereocenters. The Morgan fingerprint density at radius 3 is 2.78 bits per heavy atom. The number of amides is 1. The van der Waals surface area contributed by atoms with Gasteiger partial charge in [0.15, 0.2) is 0 Å². The van der Waals surface area contributed by atoms with Gasteiger partial charge >= 0.3 is 0 Å². The minimum Gasteiger partial charge on any atom is -0.338 e. The van der Waals surface area contributed by atoms with Crippen molar-refractivity contribution in [3.05, 3.63) is 40.1 Å². The Morgan fingerprint density at radius 2 is 2.06 bits per heavy atom. The smallest absolute Gasteiger partial charge is 0.270 e. The van der Waals surface area contributed by atoms with Gasteiger partial charge in [-0.25, -0.2) is 0 Å². The predicted molar refractivity (Wildman–Crippen MR) is 65.1 cm³/mol. The molecule has 0 bridgehead atoms. The van der Waals surface area contributed by atoms with Crippen LogP contribution in [0.2, 0.25) is 0 Å². The van der Waals surface area contributed by atoms with E-state index >= 15 is 0 Å². The summed E-state index contributed by atoms with van der Waals surface area (Å²) in [6.45, 7) is 0.842. The molecule has 2 aromatic rings. The summed E-state index contributed by atoms with van der Waals surface area (Å²) >= 11 is 0. The molecule has 1 aliphatic heterocycles. The van der Waals surface area contributed by atoms with Crippen molar-refractivity contribution in [2.45, 2.75) is 13.1 Å². The van der Waals surface area contributed by atoms with Gasteiger partial charge in [-0.2, -0.15) is 0 Å². The Bertz CT molecular complexity index is 675. The first-order valence-corrected chi connectivity index (χ1v) is 5.57. The van der Waals surface area contributed by atoms with Crippen molar-refractivity contribution in [1.29, 1.82) is 0 Å². The van der Waals surface area contributed by atoms with E-state index in [1.165, 1.54) is 6.07 Å². The fourth-order valence-corrected chi connectivity index (χ4v) is 2.33. The first kappa shape index (κ1) is 10.8. The van der Waals surface area contributed by atoms with E-state index < -0.39 is 4.92 Å². The van der Waals surface area contributed by atoms with Gasteiger partial charge in [-0.1, -0.05) is 0 Å². The third-order valence-electron chi connectivity index (χ3n) is 3.30. The van der Waals surface area contributed by atoms with E-state index in [1.807, 2.05) is 10.6 Å². The zero-order valence-corrected chi connectivity index (χ0v) is 9.79. The van der Waals surface area contributed by atoms with Gasteiger partial charge in [-0.15, -0.1) is 0 Å².